The maximum atomic E-state index is 10.0. The zero-order valence-corrected chi connectivity index (χ0v) is 9.64. The van der Waals surface area contributed by atoms with Crippen molar-refractivity contribution in [3.63, 3.8) is 0 Å². The third kappa shape index (κ3) is 2.68. The van der Waals surface area contributed by atoms with E-state index in [4.69, 9.17) is 4.74 Å². The number of nitrogens with zero attached hydrogens (tertiary/aromatic N) is 1. The molecule has 0 amide bonds. The van der Waals surface area contributed by atoms with Crippen LogP contribution in [-0.4, -0.2) is 35.5 Å². The number of aliphatic hydroxyl groups is 1. The summed E-state index contributed by atoms with van der Waals surface area (Å²) in [4.78, 5) is 4.38. The van der Waals surface area contributed by atoms with E-state index in [1.54, 1.807) is 11.3 Å². The molecule has 0 bridgehead atoms. The summed E-state index contributed by atoms with van der Waals surface area (Å²) in [5, 5.41) is 16.1. The van der Waals surface area contributed by atoms with Gasteiger partial charge in [0.05, 0.1) is 12.3 Å². The van der Waals surface area contributed by atoms with Crippen LogP contribution in [0.25, 0.3) is 0 Å². The summed E-state index contributed by atoms with van der Waals surface area (Å²) >= 11 is 1.58. The Hall–Kier alpha value is -0.650. The van der Waals surface area contributed by atoms with E-state index < -0.39 is 5.60 Å². The van der Waals surface area contributed by atoms with E-state index in [2.05, 4.69) is 17.2 Å². The van der Waals surface area contributed by atoms with Gasteiger partial charge in [-0.05, 0) is 6.42 Å². The van der Waals surface area contributed by atoms with Crippen molar-refractivity contribution in [1.29, 1.82) is 0 Å². The molecule has 0 aliphatic carbocycles. The topological polar surface area (TPSA) is 54.4 Å². The molecule has 4 nitrogen and oxygen atoms in total. The fourth-order valence-electron chi connectivity index (χ4n) is 1.53. The minimum absolute atomic E-state index is 0.423. The molecule has 1 aliphatic rings. The van der Waals surface area contributed by atoms with E-state index in [1.165, 1.54) is 0 Å². The lowest BCUT2D eigenvalue weighted by Gasteiger charge is -2.20. The van der Waals surface area contributed by atoms with E-state index in [0.29, 0.717) is 26.2 Å². The number of ether oxygens (including phenoxy) is 1. The largest absolute Gasteiger partial charge is 0.386 e. The van der Waals surface area contributed by atoms with Crippen LogP contribution in [0.15, 0.2) is 5.38 Å². The standard InChI is InChI=1S/C10H16N2O2S/c1-2-8-5-15-9(12-8)11-6-10(13)3-4-14-7-10/h5,13H,2-4,6-7H2,1H3,(H,11,12). The Morgan fingerprint density at radius 1 is 1.73 bits per heavy atom. The highest BCUT2D eigenvalue weighted by atomic mass is 32.1. The molecule has 5 heteroatoms. The number of hydrogen-bond acceptors (Lipinski definition) is 5. The van der Waals surface area contributed by atoms with Crippen molar-refractivity contribution in [2.24, 2.45) is 0 Å². The Labute approximate surface area is 93.3 Å². The quantitative estimate of drug-likeness (QED) is 0.815. The molecule has 1 aromatic rings. The lowest BCUT2D eigenvalue weighted by molar-refractivity contribution is 0.0382. The minimum atomic E-state index is -0.710. The molecule has 0 saturated carbocycles. The Balaban J connectivity index is 1.87. The number of nitrogens with one attached hydrogen (secondary N) is 1. The Morgan fingerprint density at radius 3 is 3.20 bits per heavy atom. The van der Waals surface area contributed by atoms with Crippen LogP contribution < -0.4 is 5.32 Å². The number of anilines is 1. The lowest BCUT2D eigenvalue weighted by atomic mass is 10.0. The van der Waals surface area contributed by atoms with E-state index in [-0.39, 0.29) is 0 Å². The molecule has 15 heavy (non-hydrogen) atoms. The van der Waals surface area contributed by atoms with Crippen LogP contribution in [0.2, 0.25) is 0 Å². The number of hydrogen-bond donors (Lipinski definition) is 2. The van der Waals surface area contributed by atoms with Gasteiger partial charge in [-0.2, -0.15) is 0 Å². The Kier molecular flexibility index (Phi) is 3.23. The summed E-state index contributed by atoms with van der Waals surface area (Å²) < 4.78 is 5.17. The van der Waals surface area contributed by atoms with Gasteiger partial charge in [-0.1, -0.05) is 6.92 Å². The van der Waals surface area contributed by atoms with Crippen molar-refractivity contribution in [1.82, 2.24) is 4.98 Å². The van der Waals surface area contributed by atoms with Crippen LogP contribution in [0.1, 0.15) is 19.0 Å². The average Bonchev–Trinajstić information content (AvgIpc) is 2.84. The van der Waals surface area contributed by atoms with Gasteiger partial charge in [-0.15, -0.1) is 11.3 Å². The van der Waals surface area contributed by atoms with Crippen molar-refractivity contribution in [2.75, 3.05) is 25.1 Å². The van der Waals surface area contributed by atoms with Gasteiger partial charge in [-0.25, -0.2) is 4.98 Å². The predicted molar refractivity (Wildman–Crippen MR) is 60.4 cm³/mol. The maximum absolute atomic E-state index is 10.0. The SMILES string of the molecule is CCc1csc(NCC2(O)CCOC2)n1. The van der Waals surface area contributed by atoms with Gasteiger partial charge in [0.15, 0.2) is 5.13 Å². The highest BCUT2D eigenvalue weighted by molar-refractivity contribution is 7.13. The van der Waals surface area contributed by atoms with Crippen molar-refractivity contribution in [2.45, 2.75) is 25.4 Å². The van der Waals surface area contributed by atoms with E-state index in [9.17, 15) is 5.11 Å². The first-order valence-corrected chi connectivity index (χ1v) is 6.08. The molecule has 0 spiro atoms. The van der Waals surface area contributed by atoms with Crippen LogP contribution in [0.5, 0.6) is 0 Å². The summed E-state index contributed by atoms with van der Waals surface area (Å²) in [5.41, 5.74) is 0.384. The molecule has 1 aromatic heterocycles. The molecule has 1 unspecified atom stereocenters. The molecule has 2 heterocycles. The predicted octanol–water partition coefficient (Wildman–Crippen LogP) is 1.27. The monoisotopic (exact) mass is 228 g/mol. The van der Waals surface area contributed by atoms with Gasteiger partial charge in [0.2, 0.25) is 0 Å². The lowest BCUT2D eigenvalue weighted by Crippen LogP contribution is -2.37. The van der Waals surface area contributed by atoms with Crippen LogP contribution in [-0.2, 0) is 11.2 Å². The molecule has 1 fully saturated rings. The molecule has 1 aliphatic heterocycles. The van der Waals surface area contributed by atoms with Crippen molar-refractivity contribution in [3.8, 4) is 0 Å². The molecule has 2 rings (SSSR count). The van der Waals surface area contributed by atoms with Gasteiger partial charge >= 0.3 is 0 Å². The molecular formula is C10H16N2O2S. The Bertz CT molecular complexity index is 321. The van der Waals surface area contributed by atoms with Gasteiger partial charge < -0.3 is 15.2 Å². The second-order valence-corrected chi connectivity index (χ2v) is 4.74. The molecular weight excluding hydrogens is 212 g/mol. The van der Waals surface area contributed by atoms with Crippen LogP contribution >= 0.6 is 11.3 Å². The fourth-order valence-corrected chi connectivity index (χ4v) is 2.32. The summed E-state index contributed by atoms with van der Waals surface area (Å²) in [7, 11) is 0. The van der Waals surface area contributed by atoms with E-state index in [1.807, 2.05) is 5.38 Å². The first-order chi connectivity index (χ1) is 7.22. The first kappa shape index (κ1) is 10.9. The fraction of sp³-hybridized carbons (Fsp3) is 0.700. The number of aryl methyl sites for hydroxylation is 1. The highest BCUT2D eigenvalue weighted by Gasteiger charge is 2.32. The Morgan fingerprint density at radius 2 is 2.60 bits per heavy atom. The second-order valence-electron chi connectivity index (χ2n) is 3.88. The second kappa shape index (κ2) is 4.47. The zero-order valence-electron chi connectivity index (χ0n) is 8.82. The van der Waals surface area contributed by atoms with Crippen LogP contribution in [0, 0.1) is 0 Å². The highest BCUT2D eigenvalue weighted by Crippen LogP contribution is 2.21. The number of rotatable bonds is 4. The van der Waals surface area contributed by atoms with Gasteiger partial charge in [0, 0.05) is 25.0 Å². The van der Waals surface area contributed by atoms with Crippen LogP contribution in [0.3, 0.4) is 0 Å². The summed E-state index contributed by atoms with van der Waals surface area (Å²) in [6, 6.07) is 0. The zero-order chi connectivity index (χ0) is 10.7. The van der Waals surface area contributed by atoms with E-state index >= 15 is 0 Å². The normalized spacial score (nSPS) is 25.7. The molecule has 84 valence electrons. The van der Waals surface area contributed by atoms with Gasteiger partial charge in [0.25, 0.3) is 0 Å². The molecule has 1 saturated heterocycles. The summed E-state index contributed by atoms with van der Waals surface area (Å²) in [6.07, 6.45) is 1.65. The summed E-state index contributed by atoms with van der Waals surface area (Å²) in [5.74, 6) is 0. The van der Waals surface area contributed by atoms with Crippen LogP contribution in [0.4, 0.5) is 5.13 Å². The molecule has 2 N–H and O–H groups in total. The minimum Gasteiger partial charge on any atom is -0.386 e. The smallest absolute Gasteiger partial charge is 0.182 e. The molecule has 1 atom stereocenters. The van der Waals surface area contributed by atoms with Crippen molar-refractivity contribution < 1.29 is 9.84 Å². The van der Waals surface area contributed by atoms with E-state index in [0.717, 1.165) is 17.2 Å². The number of aromatic nitrogens is 1. The molecule has 0 radical (unpaired) electrons. The third-order valence-electron chi connectivity index (χ3n) is 2.57. The molecule has 0 aromatic carbocycles. The maximum Gasteiger partial charge on any atom is 0.182 e. The first-order valence-electron chi connectivity index (χ1n) is 5.20. The average molecular weight is 228 g/mol. The van der Waals surface area contributed by atoms with Crippen molar-refractivity contribution in [3.05, 3.63) is 11.1 Å². The third-order valence-corrected chi connectivity index (χ3v) is 3.41. The van der Waals surface area contributed by atoms with Gasteiger partial charge in [-0.3, -0.25) is 0 Å². The van der Waals surface area contributed by atoms with Gasteiger partial charge in [0.1, 0.15) is 5.60 Å². The number of thiazole rings is 1. The van der Waals surface area contributed by atoms with Crippen molar-refractivity contribution >= 4 is 16.5 Å². The summed E-state index contributed by atoms with van der Waals surface area (Å²) in [6.45, 7) is 3.67.